The topological polar surface area (TPSA) is 78.9 Å². The summed E-state index contributed by atoms with van der Waals surface area (Å²) in [5.74, 6) is 0.156. The van der Waals surface area contributed by atoms with Crippen molar-refractivity contribution in [2.45, 2.75) is 98.2 Å². The molecule has 0 amide bonds. The van der Waals surface area contributed by atoms with Crippen LogP contribution in [0.1, 0.15) is 103 Å². The summed E-state index contributed by atoms with van der Waals surface area (Å²) in [6.45, 7) is 12.2. The van der Waals surface area contributed by atoms with E-state index in [4.69, 9.17) is 14.2 Å². The van der Waals surface area contributed by atoms with Gasteiger partial charge in [-0.1, -0.05) is 144 Å². The fourth-order valence-corrected chi connectivity index (χ4v) is 13.5. The van der Waals surface area contributed by atoms with E-state index >= 15 is 0 Å². The SMILES string of the molecule is CC(C)C1=C[C@@]23CC[C@H]4[C@](C)(COC(=O)/C=C/c5ccccc5)CCC[C@]4(C)[C@H]2CC1[C@]1(C)C3[C@@H](OC(=O)/C=C/c2ccccc2)CC[C@@H]1OC(=O)/C=C/c1ccccc1. The van der Waals surface area contributed by atoms with E-state index in [1.54, 1.807) is 18.2 Å². The van der Waals surface area contributed by atoms with Crippen LogP contribution in [-0.4, -0.2) is 36.7 Å². The van der Waals surface area contributed by atoms with Crippen molar-refractivity contribution >= 4 is 36.1 Å². The Balaban J connectivity index is 1.12. The van der Waals surface area contributed by atoms with E-state index in [0.29, 0.717) is 37.2 Å². The number of ether oxygens (including phenoxy) is 3. The predicted octanol–water partition coefficient (Wildman–Crippen LogP) is 11.7. The molecular weight excluding hydrogens is 745 g/mol. The second-order valence-electron chi connectivity index (χ2n) is 19.5. The van der Waals surface area contributed by atoms with Gasteiger partial charge in [0, 0.05) is 35.0 Å². The van der Waals surface area contributed by atoms with Gasteiger partial charge in [-0.05, 0) is 114 Å². The van der Waals surface area contributed by atoms with Crippen LogP contribution in [0.4, 0.5) is 0 Å². The lowest BCUT2D eigenvalue weighted by Gasteiger charge is -2.74. The third-order valence-electron chi connectivity index (χ3n) is 15.9. The molecule has 0 aliphatic heterocycles. The highest BCUT2D eigenvalue weighted by Gasteiger charge is 2.74. The van der Waals surface area contributed by atoms with Crippen molar-refractivity contribution in [1.82, 2.24) is 0 Å². The average Bonchev–Trinajstić information content (AvgIpc) is 3.25. The molecule has 6 heteroatoms. The number of fused-ring (bicyclic) bond motifs is 1. The summed E-state index contributed by atoms with van der Waals surface area (Å²) in [7, 11) is 0. The Morgan fingerprint density at radius 2 is 1.22 bits per heavy atom. The summed E-state index contributed by atoms with van der Waals surface area (Å²) in [4.78, 5) is 40.7. The van der Waals surface area contributed by atoms with Crippen LogP contribution >= 0.6 is 0 Å². The smallest absolute Gasteiger partial charge is 0.331 e. The molecular formula is C54H62O6. The van der Waals surface area contributed by atoms with Crippen molar-refractivity contribution in [3.05, 3.63) is 138 Å². The van der Waals surface area contributed by atoms with Gasteiger partial charge < -0.3 is 14.2 Å². The van der Waals surface area contributed by atoms with Gasteiger partial charge in [-0.15, -0.1) is 0 Å². The molecule has 60 heavy (non-hydrogen) atoms. The zero-order valence-electron chi connectivity index (χ0n) is 36.1. The summed E-state index contributed by atoms with van der Waals surface area (Å²) in [6, 6.07) is 29.5. The van der Waals surface area contributed by atoms with E-state index in [1.807, 2.05) is 109 Å². The number of esters is 3. The van der Waals surface area contributed by atoms with Crippen LogP contribution in [-0.2, 0) is 28.6 Å². The molecule has 6 nitrogen and oxygen atoms in total. The molecule has 3 aromatic carbocycles. The van der Waals surface area contributed by atoms with E-state index in [1.165, 1.54) is 5.57 Å². The number of rotatable bonds is 11. The maximum atomic E-state index is 13.8. The van der Waals surface area contributed by atoms with Gasteiger partial charge in [0.1, 0.15) is 12.2 Å². The lowest BCUT2D eigenvalue weighted by atomic mass is 9.30. The molecule has 3 aromatic rings. The monoisotopic (exact) mass is 806 g/mol. The highest BCUT2D eigenvalue weighted by Crippen LogP contribution is 2.78. The highest BCUT2D eigenvalue weighted by atomic mass is 16.6. The molecule has 2 unspecified atom stereocenters. The summed E-state index contributed by atoms with van der Waals surface area (Å²) >= 11 is 0. The molecule has 0 N–H and O–H groups in total. The first-order valence-electron chi connectivity index (χ1n) is 22.4. The Morgan fingerprint density at radius 3 is 1.78 bits per heavy atom. The van der Waals surface area contributed by atoms with Crippen molar-refractivity contribution in [3.8, 4) is 0 Å². The third-order valence-corrected chi connectivity index (χ3v) is 15.9. The molecule has 1 spiro atoms. The predicted molar refractivity (Wildman–Crippen MR) is 238 cm³/mol. The van der Waals surface area contributed by atoms with Crippen LogP contribution < -0.4 is 0 Å². The number of hydrogen-bond acceptors (Lipinski definition) is 6. The number of carbonyl (C=O) groups excluding carboxylic acids is 3. The van der Waals surface area contributed by atoms with Gasteiger partial charge in [-0.3, -0.25) is 0 Å². The maximum absolute atomic E-state index is 13.8. The van der Waals surface area contributed by atoms with Gasteiger partial charge in [0.2, 0.25) is 0 Å². The second kappa shape index (κ2) is 16.8. The zero-order valence-corrected chi connectivity index (χ0v) is 36.1. The van der Waals surface area contributed by atoms with Crippen LogP contribution in [0.25, 0.3) is 18.2 Å². The van der Waals surface area contributed by atoms with Crippen LogP contribution in [0.15, 0.2) is 121 Å². The molecule has 0 radical (unpaired) electrons. The largest absolute Gasteiger partial charge is 0.462 e. The lowest BCUT2D eigenvalue weighted by Crippen LogP contribution is -2.72. The molecule has 9 rings (SSSR count). The number of allylic oxidation sites excluding steroid dienone is 2. The van der Waals surface area contributed by atoms with Gasteiger partial charge in [0.15, 0.2) is 0 Å². The first kappa shape index (κ1) is 41.8. The molecule has 2 bridgehead atoms. The fraction of sp³-hybridized carbons (Fsp3) is 0.463. The van der Waals surface area contributed by atoms with E-state index in [9.17, 15) is 14.4 Å². The van der Waals surface area contributed by atoms with Crippen molar-refractivity contribution in [1.29, 1.82) is 0 Å². The van der Waals surface area contributed by atoms with Gasteiger partial charge in [0.05, 0.1) is 6.61 Å². The Labute approximate surface area is 357 Å². The minimum absolute atomic E-state index is 0.0278. The van der Waals surface area contributed by atoms with E-state index < -0.39 is 5.41 Å². The fourth-order valence-electron chi connectivity index (χ4n) is 13.5. The molecule has 0 aromatic heterocycles. The minimum atomic E-state index is -0.449. The summed E-state index contributed by atoms with van der Waals surface area (Å²) in [5.41, 5.74) is 3.42. The Bertz CT molecular complexity index is 2150. The van der Waals surface area contributed by atoms with Crippen molar-refractivity contribution < 1.29 is 28.6 Å². The van der Waals surface area contributed by atoms with Gasteiger partial charge in [0.25, 0.3) is 0 Å². The molecule has 314 valence electrons. The summed E-state index contributed by atoms with van der Waals surface area (Å²) in [5, 5.41) is 0. The van der Waals surface area contributed by atoms with Crippen molar-refractivity contribution in [2.24, 2.45) is 51.2 Å². The van der Waals surface area contributed by atoms with Gasteiger partial charge in [-0.25, -0.2) is 14.4 Å². The third kappa shape index (κ3) is 7.76. The standard InChI is InChI=1S/C54H62O6/c1-37(2)41-35-54-33-30-44-51(3,36-58-47(55)27-22-38-16-9-6-10-17-38)31-15-32-52(44,4)45(54)34-42(41)53(5)46(60-49(57)29-24-40-20-13-8-14-21-40)26-25-43(50(53)54)59-48(56)28-23-39-18-11-7-12-19-39/h6-14,16-24,27-29,35,37,42-46,50H,15,25-26,30-34,36H2,1-5H3/b27-22+,28-23+,29-24+/t42?,43-,44-,45+,46-,50?,51-,52-,53-,54-/m0/s1. The zero-order chi connectivity index (χ0) is 42.1. The Morgan fingerprint density at radius 1 is 0.667 bits per heavy atom. The Kier molecular flexibility index (Phi) is 11.7. The molecule has 10 atom stereocenters. The highest BCUT2D eigenvalue weighted by molar-refractivity contribution is 5.88. The Hall–Kier alpha value is -4.97. The quantitative estimate of drug-likeness (QED) is 0.0831. The summed E-state index contributed by atoms with van der Waals surface area (Å²) in [6.07, 6.45) is 19.5. The van der Waals surface area contributed by atoms with Crippen LogP contribution in [0.5, 0.6) is 0 Å². The molecule has 0 saturated heterocycles. The van der Waals surface area contributed by atoms with Gasteiger partial charge in [-0.2, -0.15) is 0 Å². The van der Waals surface area contributed by atoms with E-state index in [0.717, 1.165) is 55.2 Å². The summed E-state index contributed by atoms with van der Waals surface area (Å²) < 4.78 is 19.4. The van der Waals surface area contributed by atoms with Crippen molar-refractivity contribution in [2.75, 3.05) is 6.61 Å². The number of carbonyl (C=O) groups is 3. The average molecular weight is 807 g/mol. The van der Waals surface area contributed by atoms with Crippen LogP contribution in [0.3, 0.4) is 0 Å². The van der Waals surface area contributed by atoms with Crippen LogP contribution in [0, 0.1) is 51.2 Å². The van der Waals surface area contributed by atoms with Gasteiger partial charge >= 0.3 is 17.9 Å². The molecule has 6 aliphatic rings. The maximum Gasteiger partial charge on any atom is 0.331 e. The molecule has 0 heterocycles. The minimum Gasteiger partial charge on any atom is -0.462 e. The lowest BCUT2D eigenvalue weighted by molar-refractivity contribution is -0.266. The van der Waals surface area contributed by atoms with Crippen molar-refractivity contribution in [3.63, 3.8) is 0 Å². The van der Waals surface area contributed by atoms with Crippen LogP contribution in [0.2, 0.25) is 0 Å². The number of hydrogen-bond donors (Lipinski definition) is 0. The molecule has 4 saturated carbocycles. The van der Waals surface area contributed by atoms with E-state index in [2.05, 4.69) is 40.7 Å². The molecule has 4 fully saturated rings. The second-order valence-corrected chi connectivity index (χ2v) is 19.5. The normalized spacial score (nSPS) is 34.5. The first-order chi connectivity index (χ1) is 28.9. The first-order valence-corrected chi connectivity index (χ1v) is 22.4. The molecule has 6 aliphatic carbocycles. The number of benzene rings is 3. The van der Waals surface area contributed by atoms with E-state index in [-0.39, 0.29) is 58.2 Å².